The molecule has 0 spiro atoms. The molecule has 0 saturated carbocycles. The predicted molar refractivity (Wildman–Crippen MR) is 111 cm³/mol. The van der Waals surface area contributed by atoms with E-state index in [4.69, 9.17) is 14.5 Å². The van der Waals surface area contributed by atoms with Crippen molar-refractivity contribution >= 4 is 44.1 Å². The molecule has 2 aromatic carbocycles. The second-order valence-electron chi connectivity index (χ2n) is 6.19. The van der Waals surface area contributed by atoms with Crippen LogP contribution >= 0.6 is 11.3 Å². The van der Waals surface area contributed by atoms with Crippen molar-refractivity contribution < 1.29 is 19.4 Å². The number of hydrogen-bond donors (Lipinski definition) is 2. The molecule has 28 heavy (non-hydrogen) atoms. The van der Waals surface area contributed by atoms with E-state index >= 15 is 0 Å². The van der Waals surface area contributed by atoms with E-state index in [1.807, 2.05) is 29.6 Å². The van der Waals surface area contributed by atoms with E-state index in [1.54, 1.807) is 43.8 Å². The average Bonchev–Trinajstić information content (AvgIpc) is 3.21. The van der Waals surface area contributed by atoms with E-state index < -0.39 is 5.97 Å². The molecule has 2 N–H and O–H groups in total. The van der Waals surface area contributed by atoms with Gasteiger partial charge in [0.05, 0.1) is 30.0 Å². The Morgan fingerprint density at radius 1 is 1.11 bits per heavy atom. The highest BCUT2D eigenvalue weighted by Crippen LogP contribution is 2.34. The van der Waals surface area contributed by atoms with Gasteiger partial charge in [0.2, 0.25) is 0 Å². The molecule has 6 nitrogen and oxygen atoms in total. The Bertz CT molecular complexity index is 1190. The summed E-state index contributed by atoms with van der Waals surface area (Å²) in [5, 5.41) is 16.5. The first kappa shape index (κ1) is 18.1. The number of rotatable bonds is 6. The molecule has 4 aromatic rings. The van der Waals surface area contributed by atoms with Crippen LogP contribution in [0.5, 0.6) is 11.5 Å². The fourth-order valence-electron chi connectivity index (χ4n) is 3.15. The topological polar surface area (TPSA) is 80.7 Å². The third kappa shape index (κ3) is 3.20. The summed E-state index contributed by atoms with van der Waals surface area (Å²) in [4.78, 5) is 16.0. The normalized spacial score (nSPS) is 10.9. The van der Waals surface area contributed by atoms with Crippen molar-refractivity contribution in [2.75, 3.05) is 19.5 Å². The van der Waals surface area contributed by atoms with Crippen LogP contribution in [-0.4, -0.2) is 30.3 Å². The van der Waals surface area contributed by atoms with Crippen LogP contribution in [0, 0.1) is 0 Å². The van der Waals surface area contributed by atoms with Crippen molar-refractivity contribution in [2.45, 2.75) is 6.54 Å². The number of fused-ring (bicyclic) bond motifs is 3. The van der Waals surface area contributed by atoms with Crippen LogP contribution in [0.15, 0.2) is 47.8 Å². The minimum atomic E-state index is -0.945. The molecule has 0 fully saturated rings. The first-order valence-corrected chi connectivity index (χ1v) is 9.47. The maximum atomic E-state index is 11.3. The summed E-state index contributed by atoms with van der Waals surface area (Å²) in [6, 6.07) is 12.7. The number of hydrogen-bond acceptors (Lipinski definition) is 6. The number of methoxy groups -OCH3 is 2. The molecule has 2 heterocycles. The number of nitrogens with one attached hydrogen (secondary N) is 1. The van der Waals surface area contributed by atoms with Gasteiger partial charge in [0.1, 0.15) is 17.3 Å². The van der Waals surface area contributed by atoms with E-state index in [0.29, 0.717) is 6.54 Å². The Balaban J connectivity index is 1.72. The SMILES string of the molecule is COc1ccc(CNc2nc3ccc(C(=O)O)cc3c3ccsc23)c(OC)c1. The second-order valence-corrected chi connectivity index (χ2v) is 7.11. The molecule has 0 amide bonds. The van der Waals surface area contributed by atoms with E-state index in [2.05, 4.69) is 5.32 Å². The molecule has 0 saturated heterocycles. The van der Waals surface area contributed by atoms with Crippen molar-refractivity contribution in [2.24, 2.45) is 0 Å². The molecule has 7 heteroatoms. The minimum Gasteiger partial charge on any atom is -0.497 e. The molecule has 4 rings (SSSR count). The van der Waals surface area contributed by atoms with Crippen molar-refractivity contribution in [3.05, 3.63) is 59.0 Å². The van der Waals surface area contributed by atoms with Gasteiger partial charge in [-0.3, -0.25) is 0 Å². The van der Waals surface area contributed by atoms with Gasteiger partial charge in [-0.1, -0.05) is 0 Å². The highest BCUT2D eigenvalue weighted by molar-refractivity contribution is 7.18. The third-order valence-corrected chi connectivity index (χ3v) is 5.51. The summed E-state index contributed by atoms with van der Waals surface area (Å²) in [7, 11) is 3.25. The maximum Gasteiger partial charge on any atom is 0.335 e. The van der Waals surface area contributed by atoms with Crippen LogP contribution in [0.3, 0.4) is 0 Å². The fraction of sp³-hybridized carbons (Fsp3) is 0.143. The molecular weight excluding hydrogens is 376 g/mol. The molecule has 142 valence electrons. The quantitative estimate of drug-likeness (QED) is 0.490. The van der Waals surface area contributed by atoms with Crippen LogP contribution in [0.2, 0.25) is 0 Å². The number of aromatic nitrogens is 1. The lowest BCUT2D eigenvalue weighted by atomic mass is 10.1. The summed E-state index contributed by atoms with van der Waals surface area (Å²) in [6.45, 7) is 0.534. The highest BCUT2D eigenvalue weighted by atomic mass is 32.1. The van der Waals surface area contributed by atoms with Gasteiger partial charge in [0.15, 0.2) is 0 Å². The average molecular weight is 394 g/mol. The van der Waals surface area contributed by atoms with Gasteiger partial charge >= 0.3 is 5.97 Å². The standard InChI is InChI=1S/C21H18N2O4S/c1-26-14-5-3-13(18(10-14)27-2)11-22-20-19-15(7-8-28-19)16-9-12(21(24)25)4-6-17(16)23-20/h3-10H,11H2,1-2H3,(H,22,23)(H,24,25). The third-order valence-electron chi connectivity index (χ3n) is 4.59. The van der Waals surface area contributed by atoms with Crippen LogP contribution in [0.4, 0.5) is 5.82 Å². The summed E-state index contributed by atoms with van der Waals surface area (Å²) in [5.74, 6) is 1.29. The molecule has 0 aliphatic carbocycles. The molecule has 0 radical (unpaired) electrons. The largest absolute Gasteiger partial charge is 0.497 e. The van der Waals surface area contributed by atoms with Crippen LogP contribution in [0.1, 0.15) is 15.9 Å². The fourth-order valence-corrected chi connectivity index (χ4v) is 4.03. The van der Waals surface area contributed by atoms with Crippen molar-refractivity contribution in [1.82, 2.24) is 4.98 Å². The molecule has 0 atom stereocenters. The molecule has 0 unspecified atom stereocenters. The van der Waals surface area contributed by atoms with Gasteiger partial charge in [0.25, 0.3) is 0 Å². The molecular formula is C21H18N2O4S. The number of nitrogens with zero attached hydrogens (tertiary/aromatic N) is 1. The Labute approximate surface area is 165 Å². The summed E-state index contributed by atoms with van der Waals surface area (Å²) < 4.78 is 11.7. The lowest BCUT2D eigenvalue weighted by Crippen LogP contribution is -2.04. The summed E-state index contributed by atoms with van der Waals surface area (Å²) >= 11 is 1.57. The number of anilines is 1. The van der Waals surface area contributed by atoms with E-state index in [1.165, 1.54) is 0 Å². The Morgan fingerprint density at radius 2 is 1.96 bits per heavy atom. The zero-order valence-electron chi connectivity index (χ0n) is 15.4. The van der Waals surface area contributed by atoms with Gasteiger partial charge in [-0.05, 0) is 41.8 Å². The number of carboxylic acids is 1. The first-order chi connectivity index (χ1) is 13.6. The number of benzene rings is 2. The number of ether oxygens (including phenoxy) is 2. The van der Waals surface area contributed by atoms with Crippen LogP contribution in [0.25, 0.3) is 21.0 Å². The van der Waals surface area contributed by atoms with Gasteiger partial charge in [-0.15, -0.1) is 11.3 Å². The van der Waals surface area contributed by atoms with E-state index in [-0.39, 0.29) is 5.56 Å². The predicted octanol–water partition coefficient (Wildman–Crippen LogP) is 4.78. The Kier molecular flexibility index (Phi) is 4.75. The number of aromatic carboxylic acids is 1. The number of thiophene rings is 1. The van der Waals surface area contributed by atoms with E-state index in [0.717, 1.165) is 43.9 Å². The second kappa shape index (κ2) is 7.36. The van der Waals surface area contributed by atoms with Crippen molar-refractivity contribution in [3.63, 3.8) is 0 Å². The van der Waals surface area contributed by atoms with Crippen molar-refractivity contribution in [1.29, 1.82) is 0 Å². The van der Waals surface area contributed by atoms with E-state index in [9.17, 15) is 9.90 Å². The smallest absolute Gasteiger partial charge is 0.335 e. The Hall–Kier alpha value is -3.32. The maximum absolute atomic E-state index is 11.3. The molecule has 2 aromatic heterocycles. The highest BCUT2D eigenvalue weighted by Gasteiger charge is 2.13. The lowest BCUT2D eigenvalue weighted by molar-refractivity contribution is 0.0697. The number of carbonyl (C=O) groups is 1. The van der Waals surface area contributed by atoms with Gasteiger partial charge in [-0.25, -0.2) is 9.78 Å². The molecule has 0 aliphatic heterocycles. The van der Waals surface area contributed by atoms with Gasteiger partial charge in [0, 0.05) is 28.9 Å². The summed E-state index contributed by atoms with van der Waals surface area (Å²) in [5.41, 5.74) is 1.99. The van der Waals surface area contributed by atoms with Gasteiger partial charge in [-0.2, -0.15) is 0 Å². The van der Waals surface area contributed by atoms with Crippen LogP contribution in [-0.2, 0) is 6.54 Å². The number of pyridine rings is 1. The first-order valence-electron chi connectivity index (χ1n) is 8.59. The zero-order chi connectivity index (χ0) is 19.7. The minimum absolute atomic E-state index is 0.255. The molecule has 0 bridgehead atoms. The summed E-state index contributed by atoms with van der Waals surface area (Å²) in [6.07, 6.45) is 0. The Morgan fingerprint density at radius 3 is 2.71 bits per heavy atom. The monoisotopic (exact) mass is 394 g/mol. The van der Waals surface area contributed by atoms with Crippen LogP contribution < -0.4 is 14.8 Å². The van der Waals surface area contributed by atoms with Crippen molar-refractivity contribution in [3.8, 4) is 11.5 Å². The van der Waals surface area contributed by atoms with Gasteiger partial charge < -0.3 is 19.9 Å². The number of carboxylic acid groups (broad SMARTS) is 1. The zero-order valence-corrected chi connectivity index (χ0v) is 16.2. The lowest BCUT2D eigenvalue weighted by Gasteiger charge is -2.13. The molecule has 0 aliphatic rings.